The Hall–Kier alpha value is -3.65. The molecule has 0 spiro atoms. The minimum Gasteiger partial charge on any atom is -0.486 e. The van der Waals surface area contributed by atoms with Crippen LogP contribution in [0.1, 0.15) is 72.2 Å². The van der Waals surface area contributed by atoms with E-state index in [0.29, 0.717) is 31.0 Å². The number of fused-ring (bicyclic) bond motifs is 1. The molecule has 3 heterocycles. The number of likely N-dealkylation sites (tertiary alicyclic amines) is 1. The molecule has 0 radical (unpaired) electrons. The van der Waals surface area contributed by atoms with Crippen molar-refractivity contribution in [2.75, 3.05) is 32.7 Å². The molecule has 8 heteroatoms. The van der Waals surface area contributed by atoms with E-state index in [4.69, 9.17) is 9.15 Å². The molecule has 1 N–H and O–H groups in total. The molecule has 1 atom stereocenters. The number of carbonyl (C=O) groups excluding carboxylic acids is 2. The topological polar surface area (TPSA) is 75.0 Å². The van der Waals surface area contributed by atoms with Gasteiger partial charge in [0.05, 0.1) is 6.04 Å². The van der Waals surface area contributed by atoms with Crippen molar-refractivity contribution in [3.63, 3.8) is 0 Å². The summed E-state index contributed by atoms with van der Waals surface area (Å²) in [6.45, 7) is 8.47. The van der Waals surface area contributed by atoms with Crippen molar-refractivity contribution in [3.05, 3.63) is 88.6 Å². The van der Waals surface area contributed by atoms with Crippen LogP contribution in [0, 0.1) is 11.7 Å². The van der Waals surface area contributed by atoms with Crippen molar-refractivity contribution in [3.8, 4) is 5.75 Å². The summed E-state index contributed by atoms with van der Waals surface area (Å²) in [5.41, 5.74) is 2.98. The van der Waals surface area contributed by atoms with E-state index in [0.717, 1.165) is 42.7 Å². The minimum atomic E-state index is -0.321. The molecule has 7 nitrogen and oxygen atoms in total. The zero-order chi connectivity index (χ0) is 28.1. The number of ether oxygens (including phenoxy) is 1. The van der Waals surface area contributed by atoms with E-state index in [2.05, 4.69) is 10.2 Å². The lowest BCUT2D eigenvalue weighted by molar-refractivity contribution is -0.134. The molecule has 1 saturated heterocycles. The Bertz CT molecular complexity index is 1310. The zero-order valence-corrected chi connectivity index (χ0v) is 23.3. The first-order chi connectivity index (χ1) is 19.4. The summed E-state index contributed by atoms with van der Waals surface area (Å²) in [6.07, 6.45) is 3.64. The molecule has 1 fully saturated rings. The van der Waals surface area contributed by atoms with Gasteiger partial charge in [0, 0.05) is 26.1 Å². The van der Waals surface area contributed by atoms with Crippen molar-refractivity contribution >= 4 is 11.8 Å². The summed E-state index contributed by atoms with van der Waals surface area (Å²) >= 11 is 0. The summed E-state index contributed by atoms with van der Waals surface area (Å²) in [5.74, 6) is 1.23. The van der Waals surface area contributed by atoms with Gasteiger partial charge >= 0.3 is 0 Å². The summed E-state index contributed by atoms with van der Waals surface area (Å²) in [6, 6.07) is 15.4. The van der Waals surface area contributed by atoms with Crippen molar-refractivity contribution in [2.45, 2.75) is 52.2 Å². The lowest BCUT2D eigenvalue weighted by Gasteiger charge is -2.38. The molecule has 212 valence electrons. The van der Waals surface area contributed by atoms with E-state index >= 15 is 0 Å². The van der Waals surface area contributed by atoms with Gasteiger partial charge in [-0.1, -0.05) is 32.0 Å². The van der Waals surface area contributed by atoms with Crippen LogP contribution in [0.3, 0.4) is 0 Å². The summed E-state index contributed by atoms with van der Waals surface area (Å²) in [4.78, 5) is 30.0. The van der Waals surface area contributed by atoms with Crippen LogP contribution >= 0.6 is 0 Å². The van der Waals surface area contributed by atoms with E-state index in [1.54, 1.807) is 24.3 Å². The highest BCUT2D eigenvalue weighted by atomic mass is 19.1. The van der Waals surface area contributed by atoms with Gasteiger partial charge in [-0.15, -0.1) is 0 Å². The summed E-state index contributed by atoms with van der Waals surface area (Å²) in [5, 5.41) is 2.93. The molecule has 0 bridgehead atoms. The van der Waals surface area contributed by atoms with Gasteiger partial charge in [0.2, 0.25) is 5.91 Å². The van der Waals surface area contributed by atoms with E-state index < -0.39 is 0 Å². The van der Waals surface area contributed by atoms with Crippen LogP contribution in [0.5, 0.6) is 5.75 Å². The Kier molecular flexibility index (Phi) is 8.85. The third-order valence-corrected chi connectivity index (χ3v) is 7.61. The Labute approximate surface area is 235 Å². The van der Waals surface area contributed by atoms with Crippen LogP contribution in [0.2, 0.25) is 0 Å². The van der Waals surface area contributed by atoms with Gasteiger partial charge in [0.25, 0.3) is 5.91 Å². The standard InChI is InChI=1S/C32H38FN3O4/c1-22(2)19-30(37)36-17-13-23-7-10-26(20-28(23)31(36)24-5-8-25(33)9-6-24)39-21-27-11-12-29(40-27)32(38)34-14-18-35-15-3-4-16-35/h5-12,20,22,31H,3-4,13-19,21H2,1-2H3,(H,34,38)/t31-/m0/s1. The molecule has 40 heavy (non-hydrogen) atoms. The molecule has 0 aliphatic carbocycles. The second kappa shape index (κ2) is 12.7. The molecule has 0 unspecified atom stereocenters. The predicted octanol–water partition coefficient (Wildman–Crippen LogP) is 5.34. The number of furan rings is 1. The fourth-order valence-corrected chi connectivity index (χ4v) is 5.58. The molecule has 1 aromatic heterocycles. The molecular weight excluding hydrogens is 509 g/mol. The third kappa shape index (κ3) is 6.73. The molecule has 2 aromatic carbocycles. The molecule has 5 rings (SSSR count). The molecule has 3 aromatic rings. The highest BCUT2D eigenvalue weighted by Crippen LogP contribution is 2.38. The van der Waals surface area contributed by atoms with Crippen molar-refractivity contribution in [1.82, 2.24) is 15.1 Å². The van der Waals surface area contributed by atoms with Crippen LogP contribution in [0.25, 0.3) is 0 Å². The first-order valence-electron chi connectivity index (χ1n) is 14.3. The van der Waals surface area contributed by atoms with Gasteiger partial charge < -0.3 is 24.3 Å². The van der Waals surface area contributed by atoms with E-state index in [1.165, 1.54) is 25.0 Å². The number of hydrogen-bond donors (Lipinski definition) is 1. The number of amides is 2. The Balaban J connectivity index is 1.27. The van der Waals surface area contributed by atoms with Gasteiger partial charge in [-0.3, -0.25) is 9.59 Å². The molecule has 2 amide bonds. The molecular formula is C32H38FN3O4. The van der Waals surface area contributed by atoms with E-state index in [1.807, 2.05) is 36.9 Å². The average Bonchev–Trinajstić information content (AvgIpc) is 3.64. The maximum absolute atomic E-state index is 13.7. The lowest BCUT2D eigenvalue weighted by Crippen LogP contribution is -2.41. The van der Waals surface area contributed by atoms with Crippen molar-refractivity contribution in [1.29, 1.82) is 0 Å². The average molecular weight is 548 g/mol. The fraction of sp³-hybridized carbons (Fsp3) is 0.438. The van der Waals surface area contributed by atoms with E-state index in [9.17, 15) is 14.0 Å². The van der Waals surface area contributed by atoms with Gasteiger partial charge in [-0.05, 0) is 91.4 Å². The van der Waals surface area contributed by atoms with Gasteiger partial charge in [-0.25, -0.2) is 4.39 Å². The van der Waals surface area contributed by atoms with Crippen molar-refractivity contribution < 1.29 is 23.1 Å². The van der Waals surface area contributed by atoms with Crippen LogP contribution in [-0.4, -0.2) is 54.3 Å². The third-order valence-electron chi connectivity index (χ3n) is 7.61. The van der Waals surface area contributed by atoms with Crippen LogP contribution in [0.4, 0.5) is 4.39 Å². The quantitative estimate of drug-likeness (QED) is 0.371. The van der Waals surface area contributed by atoms with Gasteiger partial charge in [0.1, 0.15) is 23.9 Å². The van der Waals surface area contributed by atoms with E-state index in [-0.39, 0.29) is 42.0 Å². The first-order valence-corrected chi connectivity index (χ1v) is 14.3. The predicted molar refractivity (Wildman–Crippen MR) is 151 cm³/mol. The van der Waals surface area contributed by atoms with Crippen LogP contribution in [-0.2, 0) is 17.8 Å². The molecule has 2 aliphatic rings. The highest BCUT2D eigenvalue weighted by Gasteiger charge is 2.32. The number of benzene rings is 2. The number of hydrogen-bond acceptors (Lipinski definition) is 5. The number of rotatable bonds is 10. The second-order valence-corrected chi connectivity index (χ2v) is 11.1. The molecule has 2 aliphatic heterocycles. The number of nitrogens with one attached hydrogen (secondary N) is 1. The summed E-state index contributed by atoms with van der Waals surface area (Å²) in [7, 11) is 0. The Morgan fingerprint density at radius 3 is 2.58 bits per heavy atom. The van der Waals surface area contributed by atoms with Crippen molar-refractivity contribution in [2.24, 2.45) is 5.92 Å². The Morgan fingerprint density at radius 2 is 1.82 bits per heavy atom. The van der Waals surface area contributed by atoms with Gasteiger partial charge in [0.15, 0.2) is 5.76 Å². The minimum absolute atomic E-state index is 0.0862. The van der Waals surface area contributed by atoms with Gasteiger partial charge in [-0.2, -0.15) is 0 Å². The molecule has 0 saturated carbocycles. The SMILES string of the molecule is CC(C)CC(=O)N1CCc2ccc(OCc3ccc(C(=O)NCCN4CCCC4)o3)cc2[C@@H]1c1ccc(F)cc1. The van der Waals surface area contributed by atoms with Crippen LogP contribution in [0.15, 0.2) is 59.0 Å². The zero-order valence-electron chi connectivity index (χ0n) is 23.3. The highest BCUT2D eigenvalue weighted by molar-refractivity contribution is 5.91. The lowest BCUT2D eigenvalue weighted by atomic mass is 9.87. The Morgan fingerprint density at radius 1 is 1.05 bits per heavy atom. The maximum atomic E-state index is 13.7. The maximum Gasteiger partial charge on any atom is 0.287 e. The fourth-order valence-electron chi connectivity index (χ4n) is 5.58. The largest absolute Gasteiger partial charge is 0.486 e. The second-order valence-electron chi connectivity index (χ2n) is 11.1. The smallest absolute Gasteiger partial charge is 0.287 e. The number of halogens is 1. The normalized spacial score (nSPS) is 17.2. The first kappa shape index (κ1) is 27.9. The monoisotopic (exact) mass is 547 g/mol. The van der Waals surface area contributed by atoms with Crippen LogP contribution < -0.4 is 10.1 Å². The summed E-state index contributed by atoms with van der Waals surface area (Å²) < 4.78 is 25.6. The number of carbonyl (C=O) groups is 2. The number of nitrogens with zero attached hydrogens (tertiary/aromatic N) is 2.